The Morgan fingerprint density at radius 2 is 1.50 bits per heavy atom. The van der Waals surface area contributed by atoms with E-state index in [9.17, 15) is 0 Å². The summed E-state index contributed by atoms with van der Waals surface area (Å²) in [6.45, 7) is 12.7. The van der Waals surface area contributed by atoms with Gasteiger partial charge in [-0.1, -0.05) is 13.8 Å². The molecule has 1 rings (SSSR count). The summed E-state index contributed by atoms with van der Waals surface area (Å²) in [7, 11) is -4.87. The van der Waals surface area contributed by atoms with Crippen LogP contribution in [0.25, 0.3) is 0 Å². The van der Waals surface area contributed by atoms with Crippen molar-refractivity contribution in [3.05, 3.63) is 0 Å². The van der Waals surface area contributed by atoms with Crippen LogP contribution in [0, 0.1) is 0 Å². The van der Waals surface area contributed by atoms with Crippen molar-refractivity contribution in [3.8, 4) is 0 Å². The fourth-order valence-electron chi connectivity index (χ4n) is 1.92. The molecule has 2 unspecified atom stereocenters. The first-order chi connectivity index (χ1) is 6.51. The first kappa shape index (κ1) is 12.6. The normalized spacial score (nSPS) is 39.0. The van der Waals surface area contributed by atoms with Crippen molar-refractivity contribution in [3.63, 3.8) is 0 Å². The van der Waals surface area contributed by atoms with Gasteiger partial charge in [0.15, 0.2) is 0 Å². The Morgan fingerprint density at radius 3 is 1.86 bits per heavy atom. The molecule has 4 nitrogen and oxygen atoms in total. The van der Waals surface area contributed by atoms with E-state index < -0.39 is 27.3 Å². The van der Waals surface area contributed by atoms with E-state index >= 15 is 0 Å². The molecule has 0 saturated carbocycles. The predicted molar refractivity (Wildman–Crippen MR) is 63.8 cm³/mol. The van der Waals surface area contributed by atoms with Crippen molar-refractivity contribution in [2.45, 2.75) is 33.5 Å². The third-order valence-corrected chi connectivity index (χ3v) is 13.5. The van der Waals surface area contributed by atoms with E-state index in [1.807, 2.05) is 0 Å². The summed E-state index contributed by atoms with van der Waals surface area (Å²) in [6.07, 6.45) is 0. The van der Waals surface area contributed by atoms with E-state index in [4.69, 9.17) is 12.3 Å². The maximum atomic E-state index is 5.98. The van der Waals surface area contributed by atoms with Crippen molar-refractivity contribution in [1.29, 1.82) is 0 Å². The smallest absolute Gasteiger partial charge is 0.406 e. The van der Waals surface area contributed by atoms with Gasteiger partial charge in [0.25, 0.3) is 0 Å². The van der Waals surface area contributed by atoms with Crippen LogP contribution in [0.4, 0.5) is 0 Å². The molecule has 1 aliphatic rings. The molecule has 0 bridgehead atoms. The number of rotatable bonds is 3. The van der Waals surface area contributed by atoms with E-state index in [0.717, 1.165) is 13.1 Å². The molecule has 14 heavy (non-hydrogen) atoms. The Hall–Kier alpha value is 0.491. The van der Waals surface area contributed by atoms with Gasteiger partial charge in [-0.05, 0) is 32.7 Å². The zero-order chi connectivity index (χ0) is 10.8. The largest absolute Gasteiger partial charge is 0.420 e. The summed E-state index contributed by atoms with van der Waals surface area (Å²) in [4.78, 5) is 0. The average molecular weight is 252 g/mol. The highest BCUT2D eigenvalue weighted by molar-refractivity contribution is 6.80. The van der Waals surface area contributed by atoms with E-state index in [0.29, 0.717) is 0 Å². The van der Waals surface area contributed by atoms with Crippen LogP contribution in [0.1, 0.15) is 13.8 Å². The minimum absolute atomic E-state index is 1.00. The van der Waals surface area contributed by atoms with Crippen LogP contribution in [0.5, 0.6) is 0 Å². The van der Waals surface area contributed by atoms with Crippen LogP contribution in [-0.4, -0.2) is 44.9 Å². The number of nitrogens with zero attached hydrogens (tertiary/aromatic N) is 1. The van der Waals surface area contributed by atoms with Gasteiger partial charge in [0.1, 0.15) is 0 Å². The van der Waals surface area contributed by atoms with Gasteiger partial charge in [0.2, 0.25) is 0 Å². The fraction of sp³-hybridized carbons (Fsp3) is 1.00. The van der Waals surface area contributed by atoms with Gasteiger partial charge in [-0.3, -0.25) is 4.57 Å². The van der Waals surface area contributed by atoms with E-state index in [2.05, 4.69) is 38.1 Å². The average Bonchev–Trinajstić information content (AvgIpc) is 2.02. The third-order valence-electron chi connectivity index (χ3n) is 2.49. The molecular formula is C7H21NO3Si3. The predicted octanol–water partition coefficient (Wildman–Crippen LogP) is 0.661. The summed E-state index contributed by atoms with van der Waals surface area (Å²) in [5.41, 5.74) is 0. The summed E-state index contributed by atoms with van der Waals surface area (Å²) < 4.78 is 20.0. The van der Waals surface area contributed by atoms with Gasteiger partial charge in [-0.2, -0.15) is 0 Å². The molecule has 7 heteroatoms. The highest BCUT2D eigenvalue weighted by atomic mass is 28.5. The molecule has 0 radical (unpaired) electrons. The SMILES string of the molecule is CCN(CC)[Si]1(C)O[SiH](C)O[SiH](C)O1. The minimum Gasteiger partial charge on any atom is -0.420 e. The standard InChI is InChI=1S/C7H21NO3Si3/c1-6-8(7-2)14(5)10-12(3)9-13(4)11-14/h12-13H,6-7H2,1-5H3. The van der Waals surface area contributed by atoms with Crippen LogP contribution in [0.2, 0.25) is 19.6 Å². The molecule has 0 N–H and O–H groups in total. The summed E-state index contributed by atoms with van der Waals surface area (Å²) in [5, 5.41) is 0. The molecule has 1 saturated heterocycles. The van der Waals surface area contributed by atoms with E-state index in [1.54, 1.807) is 0 Å². The summed E-state index contributed by atoms with van der Waals surface area (Å²) in [6, 6.07) is 0. The Labute approximate surface area is 91.2 Å². The Balaban J connectivity index is 2.70. The van der Waals surface area contributed by atoms with Gasteiger partial charge in [-0.15, -0.1) is 0 Å². The zero-order valence-electron chi connectivity index (χ0n) is 9.74. The lowest BCUT2D eigenvalue weighted by atomic mass is 10.7. The van der Waals surface area contributed by atoms with Crippen molar-refractivity contribution in [1.82, 2.24) is 4.57 Å². The van der Waals surface area contributed by atoms with Gasteiger partial charge in [0.05, 0.1) is 0 Å². The second kappa shape index (κ2) is 5.01. The van der Waals surface area contributed by atoms with Crippen LogP contribution in [-0.2, 0) is 12.3 Å². The first-order valence-electron chi connectivity index (χ1n) is 5.28. The van der Waals surface area contributed by atoms with Crippen LogP contribution in [0.3, 0.4) is 0 Å². The van der Waals surface area contributed by atoms with Crippen LogP contribution >= 0.6 is 0 Å². The third kappa shape index (κ3) is 2.75. The molecule has 1 fully saturated rings. The molecule has 84 valence electrons. The second-order valence-electron chi connectivity index (χ2n) is 3.58. The van der Waals surface area contributed by atoms with Gasteiger partial charge in [0, 0.05) is 0 Å². The van der Waals surface area contributed by atoms with Gasteiger partial charge < -0.3 is 12.3 Å². The maximum absolute atomic E-state index is 5.98. The van der Waals surface area contributed by atoms with Gasteiger partial charge >= 0.3 is 27.3 Å². The lowest BCUT2D eigenvalue weighted by molar-refractivity contribution is 0.203. The Morgan fingerprint density at radius 1 is 1.07 bits per heavy atom. The monoisotopic (exact) mass is 251 g/mol. The molecule has 2 atom stereocenters. The van der Waals surface area contributed by atoms with Crippen molar-refractivity contribution < 1.29 is 12.3 Å². The topological polar surface area (TPSA) is 30.9 Å². The molecule has 0 aromatic carbocycles. The van der Waals surface area contributed by atoms with E-state index in [-0.39, 0.29) is 0 Å². The molecule has 1 aliphatic heterocycles. The molecule has 0 amide bonds. The quantitative estimate of drug-likeness (QED) is 0.690. The lowest BCUT2D eigenvalue weighted by Gasteiger charge is -2.43. The van der Waals surface area contributed by atoms with Gasteiger partial charge in [-0.25, -0.2) is 0 Å². The second-order valence-corrected chi connectivity index (χ2v) is 11.2. The number of hydrogen-bond acceptors (Lipinski definition) is 4. The summed E-state index contributed by atoms with van der Waals surface area (Å²) in [5.74, 6) is 0. The minimum atomic E-state index is -2.06. The highest BCUT2D eigenvalue weighted by Gasteiger charge is 2.45. The Kier molecular flexibility index (Phi) is 4.50. The lowest BCUT2D eigenvalue weighted by Crippen LogP contribution is -2.64. The van der Waals surface area contributed by atoms with Crippen LogP contribution < -0.4 is 0 Å². The van der Waals surface area contributed by atoms with Crippen molar-refractivity contribution in [2.75, 3.05) is 13.1 Å². The Bertz CT molecular complexity index is 181. The van der Waals surface area contributed by atoms with E-state index in [1.165, 1.54) is 0 Å². The highest BCUT2D eigenvalue weighted by Crippen LogP contribution is 2.21. The molecule has 0 aromatic heterocycles. The molecular weight excluding hydrogens is 230 g/mol. The number of hydrogen-bond donors (Lipinski definition) is 0. The van der Waals surface area contributed by atoms with Crippen molar-refractivity contribution >= 4 is 27.3 Å². The van der Waals surface area contributed by atoms with Crippen molar-refractivity contribution in [2.24, 2.45) is 0 Å². The molecule has 0 spiro atoms. The molecule has 1 heterocycles. The van der Waals surface area contributed by atoms with Crippen LogP contribution in [0.15, 0.2) is 0 Å². The molecule has 0 aromatic rings. The first-order valence-corrected chi connectivity index (χ1v) is 11.7. The zero-order valence-corrected chi connectivity index (χ0v) is 13.1. The fourth-order valence-corrected chi connectivity index (χ4v) is 13.5. The molecule has 0 aliphatic carbocycles. The summed E-state index contributed by atoms with van der Waals surface area (Å²) >= 11 is 0. The maximum Gasteiger partial charge on any atom is 0.406 e.